The van der Waals surface area contributed by atoms with Crippen LogP contribution in [0.2, 0.25) is 0 Å². The second kappa shape index (κ2) is 8.14. The Morgan fingerprint density at radius 1 is 1.29 bits per heavy atom. The molecule has 1 amide bonds. The van der Waals surface area contributed by atoms with Gasteiger partial charge in [0.05, 0.1) is 11.5 Å². The first-order chi connectivity index (χ1) is 9.86. The van der Waals surface area contributed by atoms with Gasteiger partial charge in [0.25, 0.3) is 0 Å². The van der Waals surface area contributed by atoms with Crippen LogP contribution in [-0.4, -0.2) is 25.8 Å². The number of amides is 1. The number of carbonyl (C=O) groups excluding carboxylic acids is 1. The molecular formula is C15H24N2O3S. The summed E-state index contributed by atoms with van der Waals surface area (Å²) in [5.41, 5.74) is 7.12. The lowest BCUT2D eigenvalue weighted by Crippen LogP contribution is -2.21. The molecule has 0 radical (unpaired) electrons. The fourth-order valence-corrected chi connectivity index (χ4v) is 3.60. The normalized spacial score (nSPS) is 12.9. The maximum atomic E-state index is 11.8. The fraction of sp³-hybridized carbons (Fsp3) is 0.533. The number of hydrogen-bond donors (Lipinski definition) is 2. The Balaban J connectivity index is 2.46. The van der Waals surface area contributed by atoms with Crippen LogP contribution >= 0.6 is 0 Å². The molecule has 6 heteroatoms. The van der Waals surface area contributed by atoms with E-state index in [2.05, 4.69) is 5.32 Å². The van der Waals surface area contributed by atoms with Crippen molar-refractivity contribution in [3.8, 4) is 0 Å². The molecule has 0 aliphatic heterocycles. The number of nitrogens with one attached hydrogen (secondary N) is 1. The Morgan fingerprint density at radius 2 is 1.90 bits per heavy atom. The Bertz CT molecular complexity index is 553. The molecule has 21 heavy (non-hydrogen) atoms. The van der Waals surface area contributed by atoms with Crippen molar-refractivity contribution in [1.82, 2.24) is 0 Å². The number of sulfone groups is 1. The van der Waals surface area contributed by atoms with Gasteiger partial charge in [0.2, 0.25) is 5.91 Å². The lowest BCUT2D eigenvalue weighted by atomic mass is 10.2. The minimum Gasteiger partial charge on any atom is -0.326 e. The monoisotopic (exact) mass is 312 g/mol. The van der Waals surface area contributed by atoms with Crippen molar-refractivity contribution in [2.24, 2.45) is 11.7 Å². The molecule has 5 nitrogen and oxygen atoms in total. The van der Waals surface area contributed by atoms with Gasteiger partial charge in [-0.05, 0) is 23.6 Å². The number of anilines is 1. The van der Waals surface area contributed by atoms with E-state index < -0.39 is 9.84 Å². The number of hydrogen-bond acceptors (Lipinski definition) is 4. The minimum absolute atomic E-state index is 0.0165. The average molecular weight is 312 g/mol. The molecule has 1 rings (SSSR count). The minimum atomic E-state index is -3.17. The lowest BCUT2D eigenvalue weighted by Gasteiger charge is -2.10. The van der Waals surface area contributed by atoms with Crippen LogP contribution in [0, 0.1) is 5.92 Å². The van der Waals surface area contributed by atoms with Crippen LogP contribution in [0.15, 0.2) is 24.3 Å². The van der Waals surface area contributed by atoms with Crippen LogP contribution in [0.25, 0.3) is 0 Å². The van der Waals surface area contributed by atoms with E-state index in [-0.39, 0.29) is 29.8 Å². The molecule has 0 aliphatic carbocycles. The molecule has 0 aromatic heterocycles. The van der Waals surface area contributed by atoms with Crippen LogP contribution in [-0.2, 0) is 21.2 Å². The molecular weight excluding hydrogens is 288 g/mol. The van der Waals surface area contributed by atoms with Gasteiger partial charge in [0.15, 0.2) is 9.84 Å². The summed E-state index contributed by atoms with van der Waals surface area (Å²) < 4.78 is 23.7. The van der Waals surface area contributed by atoms with Crippen LogP contribution < -0.4 is 11.1 Å². The zero-order chi connectivity index (χ0) is 15.9. The lowest BCUT2D eigenvalue weighted by molar-refractivity contribution is -0.115. The van der Waals surface area contributed by atoms with Gasteiger partial charge >= 0.3 is 0 Å². The van der Waals surface area contributed by atoms with Crippen molar-refractivity contribution in [3.63, 3.8) is 0 Å². The molecule has 118 valence electrons. The molecule has 3 N–H and O–H groups in total. The highest BCUT2D eigenvalue weighted by atomic mass is 32.2. The number of benzene rings is 1. The largest absolute Gasteiger partial charge is 0.326 e. The Morgan fingerprint density at radius 3 is 2.43 bits per heavy atom. The molecule has 1 aromatic rings. The predicted molar refractivity (Wildman–Crippen MR) is 85.7 cm³/mol. The predicted octanol–water partition coefficient (Wildman–Crippen LogP) is 1.93. The molecule has 1 aromatic carbocycles. The SMILES string of the molecule is CCC(C)CS(=O)(=O)CCC(=O)Nc1ccc(CN)cc1. The summed E-state index contributed by atoms with van der Waals surface area (Å²) >= 11 is 0. The van der Waals surface area contributed by atoms with Crippen molar-refractivity contribution in [2.45, 2.75) is 33.2 Å². The van der Waals surface area contributed by atoms with Crippen molar-refractivity contribution in [2.75, 3.05) is 16.8 Å². The fourth-order valence-electron chi connectivity index (χ4n) is 1.83. The summed E-state index contributed by atoms with van der Waals surface area (Å²) in [5.74, 6) is -0.128. The van der Waals surface area contributed by atoms with Gasteiger partial charge < -0.3 is 11.1 Å². The first-order valence-electron chi connectivity index (χ1n) is 7.15. The van der Waals surface area contributed by atoms with Crippen LogP contribution in [0.5, 0.6) is 0 Å². The Hall–Kier alpha value is -1.40. The van der Waals surface area contributed by atoms with E-state index in [1.165, 1.54) is 0 Å². The third-order valence-corrected chi connectivity index (χ3v) is 5.25. The van der Waals surface area contributed by atoms with Crippen LogP contribution in [0.4, 0.5) is 5.69 Å². The zero-order valence-electron chi connectivity index (χ0n) is 12.6. The maximum Gasteiger partial charge on any atom is 0.225 e. The topological polar surface area (TPSA) is 89.3 Å². The summed E-state index contributed by atoms with van der Waals surface area (Å²) in [4.78, 5) is 11.8. The standard InChI is InChI=1S/C15H24N2O3S/c1-3-12(2)11-21(19,20)9-8-15(18)17-14-6-4-13(10-16)5-7-14/h4-7,12H,3,8-11,16H2,1-2H3,(H,17,18). The van der Waals surface area contributed by atoms with E-state index in [1.807, 2.05) is 26.0 Å². The smallest absolute Gasteiger partial charge is 0.225 e. The summed E-state index contributed by atoms with van der Waals surface area (Å²) in [6.45, 7) is 4.30. The molecule has 0 aliphatic rings. The van der Waals surface area contributed by atoms with Crippen molar-refractivity contribution < 1.29 is 13.2 Å². The molecule has 0 saturated heterocycles. The molecule has 0 spiro atoms. The van der Waals surface area contributed by atoms with Gasteiger partial charge in [-0.3, -0.25) is 4.79 Å². The van der Waals surface area contributed by atoms with E-state index in [0.717, 1.165) is 12.0 Å². The van der Waals surface area contributed by atoms with Gasteiger partial charge in [-0.15, -0.1) is 0 Å². The quantitative estimate of drug-likeness (QED) is 0.767. The van der Waals surface area contributed by atoms with Crippen molar-refractivity contribution in [1.29, 1.82) is 0 Å². The van der Waals surface area contributed by atoms with Gasteiger partial charge in [-0.1, -0.05) is 32.4 Å². The summed E-state index contributed by atoms with van der Waals surface area (Å²) in [5, 5.41) is 2.69. The molecule has 0 fully saturated rings. The average Bonchev–Trinajstić information content (AvgIpc) is 2.45. The zero-order valence-corrected chi connectivity index (χ0v) is 13.4. The van der Waals surface area contributed by atoms with Gasteiger partial charge in [0, 0.05) is 18.7 Å². The summed E-state index contributed by atoms with van der Waals surface area (Å²) in [6, 6.07) is 7.17. The second-order valence-electron chi connectivity index (χ2n) is 5.33. The molecule has 0 bridgehead atoms. The summed E-state index contributed by atoms with van der Waals surface area (Å²) in [7, 11) is -3.17. The third kappa shape index (κ3) is 6.73. The number of rotatable bonds is 8. The van der Waals surface area contributed by atoms with Crippen molar-refractivity contribution >= 4 is 21.4 Å². The highest BCUT2D eigenvalue weighted by Crippen LogP contribution is 2.11. The molecule has 1 atom stereocenters. The van der Waals surface area contributed by atoms with Crippen LogP contribution in [0.1, 0.15) is 32.3 Å². The Kier molecular flexibility index (Phi) is 6.84. The first-order valence-corrected chi connectivity index (χ1v) is 8.97. The third-order valence-electron chi connectivity index (χ3n) is 3.35. The van der Waals surface area contributed by atoms with E-state index in [1.54, 1.807) is 12.1 Å². The molecule has 0 heterocycles. The van der Waals surface area contributed by atoms with Gasteiger partial charge in [0.1, 0.15) is 0 Å². The van der Waals surface area contributed by atoms with Crippen LogP contribution in [0.3, 0.4) is 0 Å². The molecule has 0 saturated carbocycles. The van der Waals surface area contributed by atoms with Crippen molar-refractivity contribution in [3.05, 3.63) is 29.8 Å². The van der Waals surface area contributed by atoms with E-state index >= 15 is 0 Å². The second-order valence-corrected chi connectivity index (χ2v) is 7.56. The number of nitrogens with two attached hydrogens (primary N) is 1. The van der Waals surface area contributed by atoms with E-state index in [4.69, 9.17) is 5.73 Å². The number of carbonyl (C=O) groups is 1. The highest BCUT2D eigenvalue weighted by Gasteiger charge is 2.16. The maximum absolute atomic E-state index is 11.8. The summed E-state index contributed by atoms with van der Waals surface area (Å²) in [6.07, 6.45) is 0.802. The highest BCUT2D eigenvalue weighted by molar-refractivity contribution is 7.91. The van der Waals surface area contributed by atoms with Gasteiger partial charge in [-0.2, -0.15) is 0 Å². The van der Waals surface area contributed by atoms with E-state index in [0.29, 0.717) is 12.2 Å². The van der Waals surface area contributed by atoms with Gasteiger partial charge in [-0.25, -0.2) is 8.42 Å². The first kappa shape index (κ1) is 17.7. The van der Waals surface area contributed by atoms with E-state index in [9.17, 15) is 13.2 Å². The Labute approximate surface area is 126 Å². The molecule has 1 unspecified atom stereocenters.